The number of aliphatic hydroxyl groups is 1. The fraction of sp³-hybridized carbons (Fsp3) is 0.231. The molecular formula is C26H29ClNO5PS. The summed E-state index contributed by atoms with van der Waals surface area (Å²) in [7, 11) is -4.33. The lowest BCUT2D eigenvalue weighted by Crippen LogP contribution is -2.41. The summed E-state index contributed by atoms with van der Waals surface area (Å²) in [5.41, 5.74) is 6.91. The molecule has 0 spiro atoms. The van der Waals surface area contributed by atoms with Gasteiger partial charge in [0.1, 0.15) is 12.4 Å². The van der Waals surface area contributed by atoms with Gasteiger partial charge in [-0.15, -0.1) is 0 Å². The molecule has 3 aromatic rings. The highest BCUT2D eigenvalue weighted by Crippen LogP contribution is 2.37. The van der Waals surface area contributed by atoms with Gasteiger partial charge in [-0.25, -0.2) is 0 Å². The number of halogens is 1. The van der Waals surface area contributed by atoms with Crippen molar-refractivity contribution in [2.75, 3.05) is 6.61 Å². The molecule has 0 heterocycles. The van der Waals surface area contributed by atoms with Crippen LogP contribution in [0.25, 0.3) is 0 Å². The Morgan fingerprint density at radius 2 is 1.77 bits per heavy atom. The Morgan fingerprint density at radius 3 is 2.46 bits per heavy atom. The van der Waals surface area contributed by atoms with E-state index in [0.717, 1.165) is 32.5 Å². The van der Waals surface area contributed by atoms with Crippen LogP contribution < -0.4 is 10.5 Å². The van der Waals surface area contributed by atoms with Crippen LogP contribution in [0.1, 0.15) is 24.0 Å². The average Bonchev–Trinajstić information content (AvgIpc) is 2.83. The van der Waals surface area contributed by atoms with E-state index in [0.29, 0.717) is 30.9 Å². The molecule has 0 radical (unpaired) electrons. The highest BCUT2D eigenvalue weighted by molar-refractivity contribution is 7.99. The molecule has 0 aliphatic rings. The third-order valence-electron chi connectivity index (χ3n) is 5.30. The van der Waals surface area contributed by atoms with Gasteiger partial charge in [0.15, 0.2) is 0 Å². The monoisotopic (exact) mass is 533 g/mol. The fourth-order valence-corrected chi connectivity index (χ4v) is 5.10. The van der Waals surface area contributed by atoms with Gasteiger partial charge in [-0.3, -0.25) is 4.57 Å². The summed E-state index contributed by atoms with van der Waals surface area (Å²) < 4.78 is 17.0. The summed E-state index contributed by atoms with van der Waals surface area (Å²) in [4.78, 5) is 20.0. The first-order valence-electron chi connectivity index (χ1n) is 11.0. The summed E-state index contributed by atoms with van der Waals surface area (Å²) in [5, 5.41) is 10.2. The van der Waals surface area contributed by atoms with E-state index >= 15 is 0 Å². The predicted octanol–water partition coefficient (Wildman–Crippen LogP) is 5.77. The molecule has 0 bridgehead atoms. The molecule has 9 heteroatoms. The van der Waals surface area contributed by atoms with Gasteiger partial charge in [-0.2, -0.15) is 0 Å². The van der Waals surface area contributed by atoms with Crippen LogP contribution in [0.2, 0.25) is 5.02 Å². The van der Waals surface area contributed by atoms with Crippen LogP contribution in [0.5, 0.6) is 5.75 Å². The third-order valence-corrected chi connectivity index (χ3v) is 7.17. The van der Waals surface area contributed by atoms with Crippen LogP contribution in [-0.2, 0) is 17.6 Å². The lowest BCUT2D eigenvalue weighted by atomic mass is 9.93. The Balaban J connectivity index is 1.56. The molecule has 5 N–H and O–H groups in total. The van der Waals surface area contributed by atoms with E-state index in [9.17, 15) is 9.67 Å². The van der Waals surface area contributed by atoms with E-state index in [1.807, 2.05) is 72.8 Å². The van der Waals surface area contributed by atoms with Gasteiger partial charge in [0.25, 0.3) is 0 Å². The number of hydrogen-bond donors (Lipinski definition) is 4. The van der Waals surface area contributed by atoms with Crippen LogP contribution in [0.3, 0.4) is 0 Å². The Kier molecular flexibility index (Phi) is 10.0. The van der Waals surface area contributed by atoms with Gasteiger partial charge in [0.05, 0.1) is 12.1 Å². The van der Waals surface area contributed by atoms with Gasteiger partial charge in [0, 0.05) is 20.6 Å². The van der Waals surface area contributed by atoms with Crippen molar-refractivity contribution < 1.29 is 24.2 Å². The molecule has 0 amide bonds. The lowest BCUT2D eigenvalue weighted by molar-refractivity contribution is 0.217. The van der Waals surface area contributed by atoms with Crippen molar-refractivity contribution in [1.29, 1.82) is 0 Å². The summed E-state index contributed by atoms with van der Waals surface area (Å²) in [5.74, 6) is 1.53. The van der Waals surface area contributed by atoms with Crippen molar-refractivity contribution in [3.63, 3.8) is 0 Å². The van der Waals surface area contributed by atoms with Crippen molar-refractivity contribution in [2.24, 2.45) is 5.73 Å². The topological polar surface area (TPSA) is 113 Å². The molecule has 6 nitrogen and oxygen atoms in total. The number of ether oxygens (including phenoxy) is 1. The highest BCUT2D eigenvalue weighted by atomic mass is 35.5. The van der Waals surface area contributed by atoms with Crippen molar-refractivity contribution >= 4 is 31.0 Å². The van der Waals surface area contributed by atoms with Crippen LogP contribution >= 0.6 is 31.0 Å². The molecule has 3 aromatic carbocycles. The standard InChI is InChI=1S/C26H29ClNO5PS/c27-25-17-24(12-11-21(25)8-5-13-26(28,19-29)14-15-34(30,31)32)35-23-10-4-9-22(16-23)33-18-20-6-2-1-3-7-20/h1-4,6-7,9-12,14-17,29H,5,8,13,18-19,28H2,(H2,30,31,32)/b15-14+. The van der Waals surface area contributed by atoms with Crippen LogP contribution in [-0.4, -0.2) is 27.0 Å². The van der Waals surface area contributed by atoms with Crippen LogP contribution in [0, 0.1) is 0 Å². The van der Waals surface area contributed by atoms with E-state index in [1.165, 1.54) is 6.08 Å². The molecule has 0 aliphatic carbocycles. The molecule has 0 saturated carbocycles. The molecule has 3 rings (SSSR count). The molecule has 186 valence electrons. The summed E-state index contributed by atoms with van der Waals surface area (Å²) in [6.45, 7) is 0.0892. The van der Waals surface area contributed by atoms with Crippen molar-refractivity contribution in [2.45, 2.75) is 41.2 Å². The zero-order valence-electron chi connectivity index (χ0n) is 19.1. The van der Waals surface area contributed by atoms with Crippen LogP contribution in [0.15, 0.2) is 94.5 Å². The third kappa shape index (κ3) is 9.47. The summed E-state index contributed by atoms with van der Waals surface area (Å²) >= 11 is 8.10. The minimum absolute atomic E-state index is 0.350. The number of aliphatic hydroxyl groups excluding tert-OH is 1. The zero-order chi connectivity index (χ0) is 25.3. The number of benzene rings is 3. The second-order valence-electron chi connectivity index (χ2n) is 8.25. The molecule has 0 fully saturated rings. The number of hydrogen-bond acceptors (Lipinski definition) is 5. The number of nitrogens with two attached hydrogens (primary N) is 1. The highest BCUT2D eigenvalue weighted by Gasteiger charge is 2.22. The van der Waals surface area contributed by atoms with E-state index in [4.69, 9.17) is 31.9 Å². The lowest BCUT2D eigenvalue weighted by Gasteiger charge is -2.23. The quantitative estimate of drug-likeness (QED) is 0.218. The Bertz CT molecular complexity index is 1190. The molecule has 1 atom stereocenters. The first-order valence-corrected chi connectivity index (χ1v) is 13.9. The smallest absolute Gasteiger partial charge is 0.348 e. The minimum Gasteiger partial charge on any atom is -0.489 e. The SMILES string of the molecule is NC(/C=C/P(=O)(O)O)(CO)CCCc1ccc(Sc2cccc(OCc3ccccc3)c2)cc1Cl. The second-order valence-corrected chi connectivity index (χ2v) is 11.3. The van der Waals surface area contributed by atoms with Crippen molar-refractivity contribution in [3.8, 4) is 5.75 Å². The van der Waals surface area contributed by atoms with Gasteiger partial charge < -0.3 is 25.4 Å². The Hall–Kier alpha value is -2.09. The largest absolute Gasteiger partial charge is 0.489 e. The fourth-order valence-electron chi connectivity index (χ4n) is 3.37. The molecule has 0 aromatic heterocycles. The van der Waals surface area contributed by atoms with E-state index in [-0.39, 0.29) is 0 Å². The molecule has 0 saturated heterocycles. The maximum absolute atomic E-state index is 11.1. The van der Waals surface area contributed by atoms with Gasteiger partial charge in [0.2, 0.25) is 0 Å². The second kappa shape index (κ2) is 12.7. The maximum Gasteiger partial charge on any atom is 0.348 e. The van der Waals surface area contributed by atoms with Gasteiger partial charge in [-0.1, -0.05) is 71.9 Å². The normalized spacial score (nSPS) is 13.6. The molecule has 35 heavy (non-hydrogen) atoms. The van der Waals surface area contributed by atoms with Crippen molar-refractivity contribution in [1.82, 2.24) is 0 Å². The summed E-state index contributed by atoms with van der Waals surface area (Å²) in [6.07, 6.45) is 2.75. The predicted molar refractivity (Wildman–Crippen MR) is 141 cm³/mol. The molecule has 1 unspecified atom stereocenters. The molecular weight excluding hydrogens is 505 g/mol. The Morgan fingerprint density at radius 1 is 1.03 bits per heavy atom. The molecule has 0 aliphatic heterocycles. The first-order chi connectivity index (χ1) is 16.7. The van der Waals surface area contributed by atoms with Crippen molar-refractivity contribution in [3.05, 3.63) is 101 Å². The average molecular weight is 534 g/mol. The first kappa shape index (κ1) is 27.5. The Labute approximate surface area is 215 Å². The van der Waals surface area contributed by atoms with E-state index < -0.39 is 19.7 Å². The number of aryl methyl sites for hydroxylation is 1. The van der Waals surface area contributed by atoms with Gasteiger partial charge in [-0.05, 0) is 60.7 Å². The van der Waals surface area contributed by atoms with Crippen LogP contribution in [0.4, 0.5) is 0 Å². The summed E-state index contributed by atoms with van der Waals surface area (Å²) in [6, 6.07) is 23.8. The van der Waals surface area contributed by atoms with Gasteiger partial charge >= 0.3 is 7.60 Å². The number of rotatable bonds is 12. The maximum atomic E-state index is 11.1. The van der Waals surface area contributed by atoms with E-state index in [1.54, 1.807) is 11.8 Å². The minimum atomic E-state index is -4.33. The zero-order valence-corrected chi connectivity index (χ0v) is 21.6. The van der Waals surface area contributed by atoms with E-state index in [2.05, 4.69) is 0 Å².